The predicted octanol–water partition coefficient (Wildman–Crippen LogP) is 3.05. The fourth-order valence-corrected chi connectivity index (χ4v) is 3.24. The van der Waals surface area contributed by atoms with Crippen LogP contribution in [0.4, 0.5) is 0 Å². The maximum Gasteiger partial charge on any atom is 0.117 e. The summed E-state index contributed by atoms with van der Waals surface area (Å²) in [5.41, 5.74) is 0. The Morgan fingerprint density at radius 1 is 1.47 bits per heavy atom. The van der Waals surface area contributed by atoms with Gasteiger partial charge in [0, 0.05) is 11.3 Å². The molecule has 0 saturated heterocycles. The van der Waals surface area contributed by atoms with E-state index in [2.05, 4.69) is 11.6 Å². The molecule has 0 amide bonds. The summed E-state index contributed by atoms with van der Waals surface area (Å²) in [6.45, 7) is 1.96. The van der Waals surface area contributed by atoms with E-state index in [4.69, 9.17) is 4.42 Å². The highest BCUT2D eigenvalue weighted by atomic mass is 32.2. The monoisotopic (exact) mass is 225 g/mol. The number of hydrogen-bond donors (Lipinski definition) is 1. The highest BCUT2D eigenvalue weighted by Crippen LogP contribution is 2.39. The van der Waals surface area contributed by atoms with E-state index in [0.29, 0.717) is 4.75 Å². The van der Waals surface area contributed by atoms with Crippen molar-refractivity contribution in [1.82, 2.24) is 5.32 Å². The van der Waals surface area contributed by atoms with Crippen molar-refractivity contribution in [2.75, 3.05) is 12.8 Å². The molecule has 0 unspecified atom stereocenters. The zero-order chi connectivity index (χ0) is 10.6. The summed E-state index contributed by atoms with van der Waals surface area (Å²) in [6.07, 6.45) is 9.47. The zero-order valence-electron chi connectivity index (χ0n) is 9.29. The minimum Gasteiger partial charge on any atom is -0.468 e. The predicted molar refractivity (Wildman–Crippen MR) is 65.1 cm³/mol. The Bertz CT molecular complexity index is 278. The first kappa shape index (κ1) is 11.1. The van der Waals surface area contributed by atoms with Gasteiger partial charge in [-0.15, -0.1) is 0 Å². The fourth-order valence-electron chi connectivity index (χ4n) is 2.30. The van der Waals surface area contributed by atoms with Crippen LogP contribution in [0, 0.1) is 0 Å². The lowest BCUT2D eigenvalue weighted by molar-refractivity contribution is 0.461. The summed E-state index contributed by atoms with van der Waals surface area (Å²) < 4.78 is 5.79. The third-order valence-electron chi connectivity index (χ3n) is 3.27. The summed E-state index contributed by atoms with van der Waals surface area (Å²) in [6, 6.07) is 3.96. The van der Waals surface area contributed by atoms with Gasteiger partial charge in [0.2, 0.25) is 0 Å². The molecule has 1 aromatic heterocycles. The van der Waals surface area contributed by atoms with E-state index in [9.17, 15) is 0 Å². The fraction of sp³-hybridized carbons (Fsp3) is 0.667. The second kappa shape index (κ2) is 5.08. The topological polar surface area (TPSA) is 25.2 Å². The molecule has 0 spiro atoms. The molecule has 1 fully saturated rings. The quantitative estimate of drug-likeness (QED) is 0.834. The lowest BCUT2D eigenvalue weighted by atomic mass is 10.1. The van der Waals surface area contributed by atoms with E-state index in [1.54, 1.807) is 6.26 Å². The van der Waals surface area contributed by atoms with Crippen molar-refractivity contribution in [1.29, 1.82) is 0 Å². The van der Waals surface area contributed by atoms with Crippen LogP contribution < -0.4 is 5.32 Å². The van der Waals surface area contributed by atoms with Gasteiger partial charge in [-0.3, -0.25) is 0 Å². The van der Waals surface area contributed by atoms with Gasteiger partial charge in [0.1, 0.15) is 5.76 Å². The minimum absolute atomic E-state index is 0.493. The van der Waals surface area contributed by atoms with Crippen molar-refractivity contribution in [3.05, 3.63) is 24.2 Å². The van der Waals surface area contributed by atoms with Gasteiger partial charge in [-0.25, -0.2) is 0 Å². The average Bonchev–Trinajstić information content (AvgIpc) is 2.89. The molecule has 1 aromatic rings. The molecule has 2 nitrogen and oxygen atoms in total. The highest BCUT2D eigenvalue weighted by Gasteiger charge is 2.32. The van der Waals surface area contributed by atoms with Crippen LogP contribution in [-0.2, 0) is 6.54 Å². The van der Waals surface area contributed by atoms with Crippen LogP contribution in [0.5, 0.6) is 0 Å². The smallest absolute Gasteiger partial charge is 0.117 e. The molecule has 1 aliphatic carbocycles. The van der Waals surface area contributed by atoms with E-state index in [0.717, 1.165) is 18.8 Å². The van der Waals surface area contributed by atoms with Crippen LogP contribution in [0.2, 0.25) is 0 Å². The Morgan fingerprint density at radius 2 is 2.27 bits per heavy atom. The zero-order valence-corrected chi connectivity index (χ0v) is 10.1. The number of hydrogen-bond acceptors (Lipinski definition) is 3. The highest BCUT2D eigenvalue weighted by molar-refractivity contribution is 8.00. The second-order valence-corrected chi connectivity index (χ2v) is 5.55. The third kappa shape index (κ3) is 2.79. The molecule has 0 aliphatic heterocycles. The number of nitrogens with one attached hydrogen (secondary N) is 1. The molecule has 1 N–H and O–H groups in total. The van der Waals surface area contributed by atoms with E-state index >= 15 is 0 Å². The summed E-state index contributed by atoms with van der Waals surface area (Å²) in [5, 5.41) is 3.51. The molecule has 1 saturated carbocycles. The third-order valence-corrected chi connectivity index (χ3v) is 4.69. The SMILES string of the molecule is CSC1(CNCc2ccco2)CCCC1. The molecule has 1 heterocycles. The van der Waals surface area contributed by atoms with Crippen molar-refractivity contribution < 1.29 is 4.42 Å². The molecular weight excluding hydrogens is 206 g/mol. The number of thioether (sulfide) groups is 1. The van der Waals surface area contributed by atoms with Gasteiger partial charge in [0.15, 0.2) is 0 Å². The van der Waals surface area contributed by atoms with Crippen LogP contribution in [0.15, 0.2) is 22.8 Å². The largest absolute Gasteiger partial charge is 0.468 e. The Hall–Kier alpha value is -0.410. The molecule has 0 bridgehead atoms. The van der Waals surface area contributed by atoms with Crippen LogP contribution in [0.25, 0.3) is 0 Å². The van der Waals surface area contributed by atoms with Gasteiger partial charge < -0.3 is 9.73 Å². The van der Waals surface area contributed by atoms with Crippen LogP contribution in [0.3, 0.4) is 0 Å². The summed E-state index contributed by atoms with van der Waals surface area (Å²) in [5.74, 6) is 1.03. The van der Waals surface area contributed by atoms with Crippen LogP contribution >= 0.6 is 11.8 Å². The Kier molecular flexibility index (Phi) is 3.76. The Morgan fingerprint density at radius 3 is 2.87 bits per heavy atom. The van der Waals surface area contributed by atoms with Gasteiger partial charge >= 0.3 is 0 Å². The first-order chi connectivity index (χ1) is 7.35. The first-order valence-corrected chi connectivity index (χ1v) is 6.85. The summed E-state index contributed by atoms with van der Waals surface area (Å²) in [4.78, 5) is 0. The minimum atomic E-state index is 0.493. The molecule has 3 heteroatoms. The molecule has 15 heavy (non-hydrogen) atoms. The van der Waals surface area contributed by atoms with Crippen molar-refractivity contribution in [3.8, 4) is 0 Å². The maximum absolute atomic E-state index is 5.30. The molecule has 0 aromatic carbocycles. The van der Waals surface area contributed by atoms with Crippen molar-refractivity contribution in [2.24, 2.45) is 0 Å². The number of furan rings is 1. The van der Waals surface area contributed by atoms with E-state index in [1.807, 2.05) is 23.9 Å². The molecule has 0 atom stereocenters. The molecule has 2 rings (SSSR count). The summed E-state index contributed by atoms with van der Waals surface area (Å²) >= 11 is 2.02. The van der Waals surface area contributed by atoms with Gasteiger partial charge in [0.05, 0.1) is 12.8 Å². The second-order valence-electron chi connectivity index (χ2n) is 4.28. The Labute approximate surface area is 95.8 Å². The van der Waals surface area contributed by atoms with Crippen molar-refractivity contribution >= 4 is 11.8 Å². The standard InChI is InChI=1S/C12H19NOS/c1-15-12(6-2-3-7-12)10-13-9-11-5-4-8-14-11/h4-5,8,13H,2-3,6-7,9-10H2,1H3. The van der Waals surface area contributed by atoms with Gasteiger partial charge in [-0.1, -0.05) is 12.8 Å². The molecule has 0 radical (unpaired) electrons. The van der Waals surface area contributed by atoms with Crippen LogP contribution in [-0.4, -0.2) is 17.5 Å². The lowest BCUT2D eigenvalue weighted by Crippen LogP contribution is -2.34. The Balaban J connectivity index is 1.77. The van der Waals surface area contributed by atoms with Crippen molar-refractivity contribution in [3.63, 3.8) is 0 Å². The van der Waals surface area contributed by atoms with Crippen molar-refractivity contribution in [2.45, 2.75) is 37.0 Å². The van der Waals surface area contributed by atoms with E-state index in [-0.39, 0.29) is 0 Å². The normalized spacial score (nSPS) is 19.5. The van der Waals surface area contributed by atoms with E-state index < -0.39 is 0 Å². The molecule has 1 aliphatic rings. The van der Waals surface area contributed by atoms with Gasteiger partial charge in [0.25, 0.3) is 0 Å². The molecule has 84 valence electrons. The summed E-state index contributed by atoms with van der Waals surface area (Å²) in [7, 11) is 0. The van der Waals surface area contributed by atoms with Crippen LogP contribution in [0.1, 0.15) is 31.4 Å². The van der Waals surface area contributed by atoms with E-state index in [1.165, 1.54) is 25.7 Å². The number of rotatable bonds is 5. The lowest BCUT2D eigenvalue weighted by Gasteiger charge is -2.26. The van der Waals surface area contributed by atoms with Gasteiger partial charge in [-0.2, -0.15) is 11.8 Å². The maximum atomic E-state index is 5.30. The average molecular weight is 225 g/mol. The van der Waals surface area contributed by atoms with Gasteiger partial charge in [-0.05, 0) is 31.2 Å². The molecular formula is C12H19NOS. The first-order valence-electron chi connectivity index (χ1n) is 5.63.